The van der Waals surface area contributed by atoms with Crippen molar-refractivity contribution in [3.8, 4) is 0 Å². The van der Waals surface area contributed by atoms with Crippen molar-refractivity contribution in [3.63, 3.8) is 0 Å². The van der Waals surface area contributed by atoms with Gasteiger partial charge in [0.05, 0.1) is 23.6 Å². The van der Waals surface area contributed by atoms with Gasteiger partial charge in [-0.15, -0.1) is 0 Å². The van der Waals surface area contributed by atoms with Gasteiger partial charge in [-0.3, -0.25) is 14.4 Å². The van der Waals surface area contributed by atoms with Crippen LogP contribution in [0.15, 0.2) is 36.4 Å². The van der Waals surface area contributed by atoms with Crippen molar-refractivity contribution in [2.75, 3.05) is 11.5 Å². The van der Waals surface area contributed by atoms with E-state index >= 15 is 0 Å². The molecule has 2 fully saturated rings. The summed E-state index contributed by atoms with van der Waals surface area (Å²) in [5.74, 6) is -2.22. The predicted molar refractivity (Wildman–Crippen MR) is 92.0 cm³/mol. The van der Waals surface area contributed by atoms with Crippen LogP contribution in [0.1, 0.15) is 6.92 Å². The van der Waals surface area contributed by atoms with Gasteiger partial charge >= 0.3 is 5.97 Å². The zero-order valence-corrected chi connectivity index (χ0v) is 14.9. The third-order valence-electron chi connectivity index (χ3n) is 4.75. The molecule has 6 nitrogen and oxygen atoms in total. The van der Waals surface area contributed by atoms with E-state index in [1.165, 1.54) is 11.8 Å². The number of imide groups is 1. The average molecular weight is 439 g/mol. The molecule has 24 heavy (non-hydrogen) atoms. The summed E-state index contributed by atoms with van der Waals surface area (Å²) in [6.07, 6.45) is 3.09. The molecule has 4 atom stereocenters. The smallest absolute Gasteiger partial charge is 0.302 e. The Morgan fingerprint density at radius 1 is 1.33 bits per heavy atom. The lowest BCUT2D eigenvalue weighted by molar-refractivity contribution is -0.150. The highest BCUT2D eigenvalue weighted by Crippen LogP contribution is 2.52. The van der Waals surface area contributed by atoms with Gasteiger partial charge in [0.2, 0.25) is 11.8 Å². The summed E-state index contributed by atoms with van der Waals surface area (Å²) < 4.78 is 11.8. The number of benzene rings is 1. The lowest BCUT2D eigenvalue weighted by Gasteiger charge is -2.28. The fraction of sp³-hybridized carbons (Fsp3) is 0.353. The molecular weight excluding hydrogens is 425 g/mol. The first-order chi connectivity index (χ1) is 11.4. The van der Waals surface area contributed by atoms with E-state index in [-0.39, 0.29) is 18.4 Å². The summed E-state index contributed by atoms with van der Waals surface area (Å²) in [4.78, 5) is 38.4. The molecule has 3 heterocycles. The van der Waals surface area contributed by atoms with Crippen LogP contribution in [0.5, 0.6) is 0 Å². The maximum absolute atomic E-state index is 13.0. The second-order valence-corrected chi connectivity index (χ2v) is 7.31. The third kappa shape index (κ3) is 2.07. The highest BCUT2D eigenvalue weighted by molar-refractivity contribution is 14.1. The van der Waals surface area contributed by atoms with Crippen LogP contribution >= 0.6 is 22.6 Å². The maximum atomic E-state index is 13.0. The number of halogens is 1. The highest BCUT2D eigenvalue weighted by Gasteiger charge is 2.68. The van der Waals surface area contributed by atoms with Crippen molar-refractivity contribution in [2.24, 2.45) is 11.8 Å². The number of ether oxygens (including phenoxy) is 2. The monoisotopic (exact) mass is 439 g/mol. The second kappa shape index (κ2) is 5.38. The number of amides is 2. The van der Waals surface area contributed by atoms with E-state index in [0.717, 1.165) is 3.57 Å². The minimum atomic E-state index is -1.04. The van der Waals surface area contributed by atoms with Crippen molar-refractivity contribution >= 4 is 46.1 Å². The van der Waals surface area contributed by atoms with Crippen LogP contribution in [0.4, 0.5) is 5.69 Å². The van der Waals surface area contributed by atoms with Crippen molar-refractivity contribution in [1.82, 2.24) is 0 Å². The van der Waals surface area contributed by atoms with Crippen LogP contribution in [0.25, 0.3) is 0 Å². The third-order valence-corrected chi connectivity index (χ3v) is 5.66. The van der Waals surface area contributed by atoms with Gasteiger partial charge in [0.1, 0.15) is 12.2 Å². The molecule has 0 saturated carbocycles. The molecule has 3 aliphatic heterocycles. The van der Waals surface area contributed by atoms with Crippen LogP contribution in [-0.2, 0) is 23.9 Å². The Kier molecular flexibility index (Phi) is 3.54. The quantitative estimate of drug-likeness (QED) is 0.310. The topological polar surface area (TPSA) is 72.9 Å². The molecule has 0 radical (unpaired) electrons. The maximum Gasteiger partial charge on any atom is 0.302 e. The molecule has 2 bridgehead atoms. The Hall–Kier alpha value is -1.74. The van der Waals surface area contributed by atoms with E-state index in [1.54, 1.807) is 24.3 Å². The summed E-state index contributed by atoms with van der Waals surface area (Å²) in [7, 11) is 0. The molecule has 0 N–H and O–H groups in total. The molecular formula is C17H14INO5. The number of carbonyl (C=O) groups excluding carboxylic acids is 3. The molecule has 2 amide bonds. The Labute approximate surface area is 151 Å². The number of nitrogens with zero attached hydrogens (tertiary/aromatic N) is 1. The minimum Gasteiger partial charge on any atom is -0.462 e. The highest BCUT2D eigenvalue weighted by atomic mass is 127. The SMILES string of the molecule is CC(=O)OC[C@@]12C=C[C@@H](O1)[C@H]1C(=O)N(c3ccccc3I)C(=O)[C@H]12. The molecule has 1 aromatic carbocycles. The number of esters is 1. The van der Waals surface area contributed by atoms with Gasteiger partial charge in [0.15, 0.2) is 0 Å². The predicted octanol–water partition coefficient (Wildman–Crippen LogP) is 1.67. The molecule has 3 aliphatic rings. The van der Waals surface area contributed by atoms with Crippen molar-refractivity contribution in [2.45, 2.75) is 18.6 Å². The largest absolute Gasteiger partial charge is 0.462 e. The van der Waals surface area contributed by atoms with E-state index in [1.807, 2.05) is 12.1 Å². The van der Waals surface area contributed by atoms with Crippen LogP contribution < -0.4 is 4.90 Å². The van der Waals surface area contributed by atoms with Gasteiger partial charge in [-0.25, -0.2) is 4.90 Å². The first-order valence-electron chi connectivity index (χ1n) is 7.57. The summed E-state index contributed by atoms with van der Waals surface area (Å²) in [6.45, 7) is 1.24. The van der Waals surface area contributed by atoms with Gasteiger partial charge in [0, 0.05) is 10.5 Å². The minimum absolute atomic E-state index is 0.0603. The summed E-state index contributed by atoms with van der Waals surface area (Å²) in [5.41, 5.74) is -0.451. The molecule has 0 aromatic heterocycles. The van der Waals surface area contributed by atoms with Crippen LogP contribution in [0.3, 0.4) is 0 Å². The van der Waals surface area contributed by atoms with Gasteiger partial charge in [-0.1, -0.05) is 18.2 Å². The number of fused-ring (bicyclic) bond motifs is 5. The first kappa shape index (κ1) is 15.8. The lowest BCUT2D eigenvalue weighted by atomic mass is 9.77. The molecule has 0 unspecified atom stereocenters. The van der Waals surface area contributed by atoms with E-state index in [2.05, 4.69) is 22.6 Å². The van der Waals surface area contributed by atoms with E-state index < -0.39 is 29.5 Å². The summed E-state index contributed by atoms with van der Waals surface area (Å²) in [6, 6.07) is 7.26. The molecule has 124 valence electrons. The molecule has 2 saturated heterocycles. The van der Waals surface area contributed by atoms with Gasteiger partial charge in [-0.2, -0.15) is 0 Å². The summed E-state index contributed by atoms with van der Waals surface area (Å²) in [5, 5.41) is 0. The van der Waals surface area contributed by atoms with E-state index in [9.17, 15) is 14.4 Å². The zero-order chi connectivity index (χ0) is 17.1. The van der Waals surface area contributed by atoms with Crippen LogP contribution in [-0.4, -0.2) is 36.1 Å². The zero-order valence-electron chi connectivity index (χ0n) is 12.8. The molecule has 0 spiro atoms. The van der Waals surface area contributed by atoms with Crippen LogP contribution in [0.2, 0.25) is 0 Å². The van der Waals surface area contributed by atoms with Crippen molar-refractivity contribution < 1.29 is 23.9 Å². The molecule has 0 aliphatic carbocycles. The normalized spacial score (nSPS) is 33.2. The number of hydrogen-bond acceptors (Lipinski definition) is 5. The number of carbonyl (C=O) groups is 3. The Balaban J connectivity index is 1.72. The first-order valence-corrected chi connectivity index (χ1v) is 8.65. The fourth-order valence-electron chi connectivity index (χ4n) is 3.75. The van der Waals surface area contributed by atoms with Crippen LogP contribution in [0, 0.1) is 15.4 Å². The van der Waals surface area contributed by atoms with Gasteiger partial charge in [0.25, 0.3) is 0 Å². The summed E-state index contributed by atoms with van der Waals surface area (Å²) >= 11 is 2.11. The molecule has 1 aromatic rings. The van der Waals surface area contributed by atoms with Gasteiger partial charge in [-0.05, 0) is 40.8 Å². The number of anilines is 1. The average Bonchev–Trinajstić information content (AvgIpc) is 3.18. The van der Waals surface area contributed by atoms with E-state index in [0.29, 0.717) is 5.69 Å². The van der Waals surface area contributed by atoms with Crippen molar-refractivity contribution in [3.05, 3.63) is 40.0 Å². The number of hydrogen-bond donors (Lipinski definition) is 0. The fourth-order valence-corrected chi connectivity index (χ4v) is 4.38. The number of rotatable bonds is 3. The van der Waals surface area contributed by atoms with E-state index in [4.69, 9.17) is 9.47 Å². The molecule has 4 rings (SSSR count). The molecule has 7 heteroatoms. The Morgan fingerprint density at radius 3 is 2.79 bits per heavy atom. The van der Waals surface area contributed by atoms with Crippen molar-refractivity contribution in [1.29, 1.82) is 0 Å². The number of para-hydroxylation sites is 1. The van der Waals surface area contributed by atoms with Gasteiger partial charge < -0.3 is 9.47 Å². The Bertz CT molecular complexity index is 791. The lowest BCUT2D eigenvalue weighted by Crippen LogP contribution is -2.44. The second-order valence-electron chi connectivity index (χ2n) is 6.14. The standard InChI is InChI=1S/C17H14INO5/c1-9(20)23-8-17-7-6-12(24-17)13-14(17)16(22)19(15(13)21)11-5-3-2-4-10(11)18/h2-7,12-14H,8H2,1H3/t12-,13-,14+,17-/m1/s1. The Morgan fingerprint density at radius 2 is 2.08 bits per heavy atom.